The average Bonchev–Trinajstić information content (AvgIpc) is 3.23. The van der Waals surface area contributed by atoms with Crippen LogP contribution in [0, 0.1) is 6.92 Å². The molecule has 0 unspecified atom stereocenters. The fraction of sp³-hybridized carbons (Fsp3) is 0.471. The third-order valence-corrected chi connectivity index (χ3v) is 4.55. The molecule has 1 N–H and O–H groups in total. The zero-order valence-corrected chi connectivity index (χ0v) is 13.6. The largest absolute Gasteiger partial charge is 0.454 e. The number of piperidine rings is 1. The van der Waals surface area contributed by atoms with Gasteiger partial charge in [0, 0.05) is 19.0 Å². The molecule has 1 fully saturated rings. The number of aryl methyl sites for hydroxylation is 1. The summed E-state index contributed by atoms with van der Waals surface area (Å²) in [7, 11) is 0. The second kappa shape index (κ2) is 6.14. The van der Waals surface area contributed by atoms with Crippen LogP contribution in [0.2, 0.25) is 0 Å². The van der Waals surface area contributed by atoms with Crippen molar-refractivity contribution < 1.29 is 14.3 Å². The molecule has 0 saturated carbocycles. The Balaban J connectivity index is 1.42. The molecule has 0 spiro atoms. The molecule has 126 valence electrons. The van der Waals surface area contributed by atoms with E-state index in [0.717, 1.165) is 42.3 Å². The van der Waals surface area contributed by atoms with Crippen LogP contribution in [-0.4, -0.2) is 45.9 Å². The van der Waals surface area contributed by atoms with Crippen LogP contribution in [0.5, 0.6) is 11.5 Å². The van der Waals surface area contributed by atoms with Gasteiger partial charge in [-0.05, 0) is 37.5 Å². The summed E-state index contributed by atoms with van der Waals surface area (Å²) in [6.45, 7) is 3.61. The van der Waals surface area contributed by atoms with E-state index in [1.54, 1.807) is 0 Å². The van der Waals surface area contributed by atoms with Crippen LogP contribution in [0.3, 0.4) is 0 Å². The van der Waals surface area contributed by atoms with Crippen molar-refractivity contribution in [2.45, 2.75) is 32.1 Å². The van der Waals surface area contributed by atoms with Crippen molar-refractivity contribution in [2.24, 2.45) is 0 Å². The Morgan fingerprint density at radius 3 is 3.08 bits per heavy atom. The van der Waals surface area contributed by atoms with Crippen molar-refractivity contribution in [3.8, 4) is 11.5 Å². The highest BCUT2D eigenvalue weighted by atomic mass is 16.7. The molecular weight excluding hydrogens is 308 g/mol. The molecule has 3 heterocycles. The summed E-state index contributed by atoms with van der Waals surface area (Å²) < 4.78 is 10.7. The number of nitrogens with zero attached hydrogens (tertiary/aromatic N) is 3. The van der Waals surface area contributed by atoms with E-state index in [0.29, 0.717) is 18.7 Å². The number of amides is 1. The van der Waals surface area contributed by atoms with Gasteiger partial charge in [-0.15, -0.1) is 0 Å². The standard InChI is InChI=1S/C17H20N4O3/c1-11-18-17(20-19-11)13-3-2-6-21(9-13)16(22)8-12-4-5-14-15(7-12)24-10-23-14/h4-5,7,13H,2-3,6,8-10H2,1H3,(H,18,19,20)/t13-/m0/s1. The molecule has 24 heavy (non-hydrogen) atoms. The normalized spacial score (nSPS) is 19.5. The minimum absolute atomic E-state index is 0.130. The van der Waals surface area contributed by atoms with E-state index >= 15 is 0 Å². The molecule has 7 heteroatoms. The maximum atomic E-state index is 12.7. The van der Waals surface area contributed by atoms with Crippen molar-refractivity contribution in [1.29, 1.82) is 0 Å². The molecule has 1 aromatic heterocycles. The monoisotopic (exact) mass is 328 g/mol. The fourth-order valence-corrected chi connectivity index (χ4v) is 3.29. The van der Waals surface area contributed by atoms with Crippen LogP contribution in [-0.2, 0) is 11.2 Å². The number of aromatic nitrogens is 3. The number of aromatic amines is 1. The SMILES string of the molecule is Cc1nc([C@H]2CCCN(C(=O)Cc3ccc4c(c3)OCO4)C2)n[nH]1. The Labute approximate surface area is 140 Å². The number of carbonyl (C=O) groups excluding carboxylic acids is 1. The summed E-state index contributed by atoms with van der Waals surface area (Å²) in [6.07, 6.45) is 2.37. The first-order valence-electron chi connectivity index (χ1n) is 8.24. The Kier molecular flexibility index (Phi) is 3.84. The number of hydrogen-bond donors (Lipinski definition) is 1. The summed E-state index contributed by atoms with van der Waals surface area (Å²) in [5.41, 5.74) is 0.945. The van der Waals surface area contributed by atoms with Gasteiger partial charge < -0.3 is 14.4 Å². The molecule has 0 bridgehead atoms. The quantitative estimate of drug-likeness (QED) is 0.929. The van der Waals surface area contributed by atoms with Crippen LogP contribution < -0.4 is 9.47 Å². The van der Waals surface area contributed by atoms with Gasteiger partial charge in [-0.25, -0.2) is 4.98 Å². The second-order valence-corrected chi connectivity index (χ2v) is 6.32. The minimum Gasteiger partial charge on any atom is -0.454 e. The third-order valence-electron chi connectivity index (χ3n) is 4.55. The molecular formula is C17H20N4O3. The van der Waals surface area contributed by atoms with Crippen LogP contribution >= 0.6 is 0 Å². The summed E-state index contributed by atoms with van der Waals surface area (Å²) >= 11 is 0. The molecule has 2 aliphatic heterocycles. The molecule has 1 saturated heterocycles. The third kappa shape index (κ3) is 2.93. The highest BCUT2D eigenvalue weighted by Gasteiger charge is 2.27. The number of rotatable bonds is 3. The second-order valence-electron chi connectivity index (χ2n) is 6.32. The molecule has 2 aromatic rings. The van der Waals surface area contributed by atoms with Crippen molar-refractivity contribution in [3.63, 3.8) is 0 Å². The number of nitrogens with one attached hydrogen (secondary N) is 1. The maximum Gasteiger partial charge on any atom is 0.231 e. The van der Waals surface area contributed by atoms with Crippen LogP contribution in [0.4, 0.5) is 0 Å². The fourth-order valence-electron chi connectivity index (χ4n) is 3.29. The molecule has 1 aromatic carbocycles. The lowest BCUT2D eigenvalue weighted by Gasteiger charge is -2.31. The average molecular weight is 328 g/mol. The Morgan fingerprint density at radius 1 is 1.38 bits per heavy atom. The van der Waals surface area contributed by atoms with Crippen LogP contribution in [0.1, 0.15) is 36.0 Å². The van der Waals surface area contributed by atoms with E-state index in [1.807, 2.05) is 30.0 Å². The van der Waals surface area contributed by atoms with Gasteiger partial charge in [0.05, 0.1) is 6.42 Å². The van der Waals surface area contributed by atoms with Gasteiger partial charge >= 0.3 is 0 Å². The van der Waals surface area contributed by atoms with E-state index in [4.69, 9.17) is 9.47 Å². The van der Waals surface area contributed by atoms with E-state index < -0.39 is 0 Å². The Morgan fingerprint density at radius 2 is 2.25 bits per heavy atom. The number of carbonyl (C=O) groups is 1. The lowest BCUT2D eigenvalue weighted by atomic mass is 9.96. The van der Waals surface area contributed by atoms with E-state index in [2.05, 4.69) is 15.2 Å². The Bertz CT molecular complexity index is 758. The minimum atomic E-state index is 0.130. The molecule has 2 aliphatic rings. The van der Waals surface area contributed by atoms with Crippen molar-refractivity contribution in [1.82, 2.24) is 20.1 Å². The number of fused-ring (bicyclic) bond motifs is 1. The number of ether oxygens (including phenoxy) is 2. The molecule has 0 aliphatic carbocycles. The highest BCUT2D eigenvalue weighted by molar-refractivity contribution is 5.79. The van der Waals surface area contributed by atoms with Crippen molar-refractivity contribution >= 4 is 5.91 Å². The lowest BCUT2D eigenvalue weighted by Crippen LogP contribution is -2.40. The predicted molar refractivity (Wildman–Crippen MR) is 85.9 cm³/mol. The van der Waals surface area contributed by atoms with Gasteiger partial charge in [-0.2, -0.15) is 5.10 Å². The first-order valence-corrected chi connectivity index (χ1v) is 8.24. The molecule has 0 radical (unpaired) electrons. The lowest BCUT2D eigenvalue weighted by molar-refractivity contribution is -0.131. The van der Waals surface area contributed by atoms with E-state index in [1.165, 1.54) is 0 Å². The number of H-pyrrole nitrogens is 1. The highest BCUT2D eigenvalue weighted by Crippen LogP contribution is 2.33. The topological polar surface area (TPSA) is 80.3 Å². The van der Waals surface area contributed by atoms with Gasteiger partial charge in [-0.1, -0.05) is 6.07 Å². The summed E-state index contributed by atoms with van der Waals surface area (Å²) in [6, 6.07) is 5.67. The summed E-state index contributed by atoms with van der Waals surface area (Å²) in [4.78, 5) is 19.0. The first kappa shape index (κ1) is 15.0. The molecule has 1 amide bonds. The maximum absolute atomic E-state index is 12.7. The van der Waals surface area contributed by atoms with Gasteiger partial charge in [0.15, 0.2) is 17.3 Å². The molecule has 1 atom stereocenters. The Hall–Kier alpha value is -2.57. The summed E-state index contributed by atoms with van der Waals surface area (Å²) in [5.74, 6) is 3.43. The van der Waals surface area contributed by atoms with Crippen LogP contribution in [0.25, 0.3) is 0 Å². The van der Waals surface area contributed by atoms with Crippen LogP contribution in [0.15, 0.2) is 18.2 Å². The van der Waals surface area contributed by atoms with E-state index in [9.17, 15) is 4.79 Å². The summed E-state index contributed by atoms with van der Waals surface area (Å²) in [5, 5.41) is 7.14. The molecule has 4 rings (SSSR count). The number of hydrogen-bond acceptors (Lipinski definition) is 5. The van der Waals surface area contributed by atoms with Gasteiger partial charge in [0.25, 0.3) is 0 Å². The number of benzene rings is 1. The van der Waals surface area contributed by atoms with E-state index in [-0.39, 0.29) is 18.6 Å². The number of likely N-dealkylation sites (tertiary alicyclic amines) is 1. The zero-order chi connectivity index (χ0) is 16.5. The molecule has 7 nitrogen and oxygen atoms in total. The van der Waals surface area contributed by atoms with Crippen molar-refractivity contribution in [2.75, 3.05) is 19.9 Å². The predicted octanol–water partition coefficient (Wildman–Crippen LogP) is 1.79. The van der Waals surface area contributed by atoms with Crippen molar-refractivity contribution in [3.05, 3.63) is 35.4 Å². The smallest absolute Gasteiger partial charge is 0.231 e. The zero-order valence-electron chi connectivity index (χ0n) is 13.6. The van der Waals surface area contributed by atoms with Gasteiger partial charge in [0.1, 0.15) is 5.82 Å². The van der Waals surface area contributed by atoms with Gasteiger partial charge in [-0.3, -0.25) is 9.89 Å². The van der Waals surface area contributed by atoms with Gasteiger partial charge in [0.2, 0.25) is 12.7 Å². The first-order chi connectivity index (χ1) is 11.7.